The standard InChI is InChI=1S/C20H23NO5S/c1-4-25-16-12-10-15(11-13-16)21-19(22)14(3)26-20(23)17-8-6-7-9-18(17)27(24)5-2/h6-14H,4-5H2,1-3H3,(H,21,22)/t14-,27-/m1/s1. The third kappa shape index (κ3) is 5.65. The average molecular weight is 389 g/mol. The molecule has 6 nitrogen and oxygen atoms in total. The van der Waals surface area contributed by atoms with Gasteiger partial charge in [-0.2, -0.15) is 0 Å². The van der Waals surface area contributed by atoms with Crippen LogP contribution in [-0.2, 0) is 20.3 Å². The number of ether oxygens (including phenoxy) is 2. The van der Waals surface area contributed by atoms with Gasteiger partial charge in [0.2, 0.25) is 0 Å². The van der Waals surface area contributed by atoms with Crippen LogP contribution in [0.4, 0.5) is 5.69 Å². The number of rotatable bonds is 8. The van der Waals surface area contributed by atoms with Crippen molar-refractivity contribution in [2.45, 2.75) is 31.8 Å². The SMILES string of the molecule is CCOc1ccc(NC(=O)[C@@H](C)OC(=O)c2ccccc2[S@](=O)CC)cc1. The predicted molar refractivity (Wildman–Crippen MR) is 105 cm³/mol. The number of carbonyl (C=O) groups is 2. The van der Waals surface area contributed by atoms with Crippen LogP contribution >= 0.6 is 0 Å². The lowest BCUT2D eigenvalue weighted by atomic mass is 10.2. The fourth-order valence-electron chi connectivity index (χ4n) is 2.31. The Morgan fingerprint density at radius 1 is 1.07 bits per heavy atom. The summed E-state index contributed by atoms with van der Waals surface area (Å²) in [5, 5.41) is 2.68. The fraction of sp³-hybridized carbons (Fsp3) is 0.300. The van der Waals surface area contributed by atoms with Gasteiger partial charge in [-0.25, -0.2) is 4.79 Å². The van der Waals surface area contributed by atoms with Gasteiger partial charge < -0.3 is 14.8 Å². The predicted octanol–water partition coefficient (Wildman–Crippen LogP) is 3.40. The Hall–Kier alpha value is -2.67. The molecule has 0 aliphatic carbocycles. The van der Waals surface area contributed by atoms with Crippen molar-refractivity contribution in [3.63, 3.8) is 0 Å². The molecule has 27 heavy (non-hydrogen) atoms. The van der Waals surface area contributed by atoms with E-state index in [0.717, 1.165) is 0 Å². The normalized spacial score (nSPS) is 12.7. The first-order valence-corrected chi connectivity index (χ1v) is 10.00. The van der Waals surface area contributed by atoms with Gasteiger partial charge in [0.25, 0.3) is 5.91 Å². The van der Waals surface area contributed by atoms with E-state index < -0.39 is 28.8 Å². The Kier molecular flexibility index (Phi) is 7.55. The van der Waals surface area contributed by atoms with Gasteiger partial charge in [-0.05, 0) is 50.2 Å². The third-order valence-corrected chi connectivity index (χ3v) is 5.07. The topological polar surface area (TPSA) is 81.7 Å². The first-order valence-electron chi connectivity index (χ1n) is 8.68. The first-order chi connectivity index (χ1) is 13.0. The Morgan fingerprint density at radius 2 is 1.74 bits per heavy atom. The van der Waals surface area contributed by atoms with Gasteiger partial charge in [-0.3, -0.25) is 9.00 Å². The maximum Gasteiger partial charge on any atom is 0.340 e. The van der Waals surface area contributed by atoms with Crippen LogP contribution in [0, 0.1) is 0 Å². The van der Waals surface area contributed by atoms with Crippen LogP contribution in [0.3, 0.4) is 0 Å². The van der Waals surface area contributed by atoms with E-state index in [4.69, 9.17) is 9.47 Å². The number of benzene rings is 2. The summed E-state index contributed by atoms with van der Waals surface area (Å²) in [5.41, 5.74) is 0.775. The Bertz CT molecular complexity index is 819. The largest absolute Gasteiger partial charge is 0.494 e. The molecule has 1 amide bonds. The summed E-state index contributed by atoms with van der Waals surface area (Å²) in [6.07, 6.45) is -1.01. The minimum atomic E-state index is -1.30. The molecule has 0 aliphatic heterocycles. The number of amides is 1. The molecule has 0 fully saturated rings. The van der Waals surface area contributed by atoms with Crippen molar-refractivity contribution in [2.24, 2.45) is 0 Å². The van der Waals surface area contributed by atoms with Gasteiger partial charge in [0.05, 0.1) is 27.9 Å². The van der Waals surface area contributed by atoms with E-state index in [0.29, 0.717) is 28.7 Å². The molecule has 0 aromatic heterocycles. The van der Waals surface area contributed by atoms with Crippen LogP contribution in [-0.4, -0.2) is 34.5 Å². The first kappa shape index (κ1) is 20.6. The Labute approximate surface area is 161 Å². The summed E-state index contributed by atoms with van der Waals surface area (Å²) in [7, 11) is -1.30. The van der Waals surface area contributed by atoms with Crippen LogP contribution in [0.2, 0.25) is 0 Å². The van der Waals surface area contributed by atoms with Gasteiger partial charge >= 0.3 is 5.97 Å². The zero-order chi connectivity index (χ0) is 19.8. The molecule has 2 aromatic rings. The van der Waals surface area contributed by atoms with Crippen molar-refractivity contribution in [3.8, 4) is 5.75 Å². The van der Waals surface area contributed by atoms with Gasteiger partial charge in [0.1, 0.15) is 5.75 Å². The van der Waals surface area contributed by atoms with E-state index in [1.165, 1.54) is 6.92 Å². The number of carbonyl (C=O) groups excluding carboxylic acids is 2. The molecule has 0 saturated heterocycles. The third-order valence-electron chi connectivity index (χ3n) is 3.70. The van der Waals surface area contributed by atoms with E-state index in [2.05, 4.69) is 5.32 Å². The smallest absolute Gasteiger partial charge is 0.340 e. The maximum atomic E-state index is 12.4. The molecular formula is C20H23NO5S. The van der Waals surface area contributed by atoms with Crippen molar-refractivity contribution < 1.29 is 23.3 Å². The Morgan fingerprint density at radius 3 is 2.37 bits per heavy atom. The monoisotopic (exact) mass is 389 g/mol. The van der Waals surface area contributed by atoms with Gasteiger partial charge in [-0.1, -0.05) is 19.1 Å². The summed E-state index contributed by atoms with van der Waals surface area (Å²) in [5.74, 6) is -0.0446. The molecule has 0 unspecified atom stereocenters. The highest BCUT2D eigenvalue weighted by Gasteiger charge is 2.22. The second-order valence-electron chi connectivity index (χ2n) is 5.62. The highest BCUT2D eigenvalue weighted by atomic mass is 32.2. The number of nitrogens with one attached hydrogen (secondary N) is 1. The van der Waals surface area contributed by atoms with E-state index in [-0.39, 0.29) is 5.56 Å². The van der Waals surface area contributed by atoms with Gasteiger partial charge in [0.15, 0.2) is 6.10 Å². The summed E-state index contributed by atoms with van der Waals surface area (Å²) in [4.78, 5) is 25.1. The molecule has 144 valence electrons. The second kappa shape index (κ2) is 9.87. The second-order valence-corrected chi connectivity index (χ2v) is 7.33. The van der Waals surface area contributed by atoms with Gasteiger partial charge in [0, 0.05) is 11.4 Å². The minimum absolute atomic E-state index is 0.207. The van der Waals surface area contributed by atoms with Crippen LogP contribution < -0.4 is 10.1 Å². The molecule has 1 N–H and O–H groups in total. The van der Waals surface area contributed by atoms with Crippen molar-refractivity contribution in [1.29, 1.82) is 0 Å². The molecular weight excluding hydrogens is 366 g/mol. The fourth-order valence-corrected chi connectivity index (χ4v) is 3.25. The highest BCUT2D eigenvalue weighted by Crippen LogP contribution is 2.18. The zero-order valence-corrected chi connectivity index (χ0v) is 16.4. The Balaban J connectivity index is 2.02. The number of anilines is 1. The molecule has 0 spiro atoms. The maximum absolute atomic E-state index is 12.4. The summed E-state index contributed by atoms with van der Waals surface area (Å²) in [6.45, 7) is 5.70. The van der Waals surface area contributed by atoms with E-state index in [1.54, 1.807) is 55.5 Å². The average Bonchev–Trinajstić information content (AvgIpc) is 2.68. The quantitative estimate of drug-likeness (QED) is 0.700. The van der Waals surface area contributed by atoms with E-state index in [1.807, 2.05) is 6.92 Å². The highest BCUT2D eigenvalue weighted by molar-refractivity contribution is 7.85. The molecule has 0 saturated carbocycles. The van der Waals surface area contributed by atoms with E-state index in [9.17, 15) is 13.8 Å². The van der Waals surface area contributed by atoms with Crippen LogP contribution in [0.5, 0.6) is 5.75 Å². The van der Waals surface area contributed by atoms with Crippen molar-refractivity contribution in [1.82, 2.24) is 0 Å². The number of hydrogen-bond acceptors (Lipinski definition) is 5. The minimum Gasteiger partial charge on any atom is -0.494 e. The number of hydrogen-bond donors (Lipinski definition) is 1. The summed E-state index contributed by atoms with van der Waals surface area (Å²) < 4.78 is 22.7. The lowest BCUT2D eigenvalue weighted by Gasteiger charge is -2.15. The van der Waals surface area contributed by atoms with Crippen LogP contribution in [0.1, 0.15) is 31.1 Å². The lowest BCUT2D eigenvalue weighted by molar-refractivity contribution is -0.123. The molecule has 2 rings (SSSR count). The molecule has 0 bridgehead atoms. The molecule has 0 heterocycles. The number of esters is 1. The molecule has 2 atom stereocenters. The van der Waals surface area contributed by atoms with E-state index >= 15 is 0 Å². The van der Waals surface area contributed by atoms with Gasteiger partial charge in [-0.15, -0.1) is 0 Å². The van der Waals surface area contributed by atoms with Crippen LogP contribution in [0.15, 0.2) is 53.4 Å². The van der Waals surface area contributed by atoms with Crippen LogP contribution in [0.25, 0.3) is 0 Å². The zero-order valence-electron chi connectivity index (χ0n) is 15.6. The summed E-state index contributed by atoms with van der Waals surface area (Å²) >= 11 is 0. The van der Waals surface area contributed by atoms with Crippen molar-refractivity contribution >= 4 is 28.4 Å². The van der Waals surface area contributed by atoms with Crippen molar-refractivity contribution in [2.75, 3.05) is 17.7 Å². The lowest BCUT2D eigenvalue weighted by Crippen LogP contribution is -2.30. The van der Waals surface area contributed by atoms with Crippen molar-refractivity contribution in [3.05, 3.63) is 54.1 Å². The molecule has 0 aliphatic rings. The summed E-state index contributed by atoms with van der Waals surface area (Å²) in [6, 6.07) is 13.4. The molecule has 7 heteroatoms. The molecule has 2 aromatic carbocycles. The molecule has 0 radical (unpaired) electrons.